The van der Waals surface area contributed by atoms with Crippen LogP contribution in [0, 0.1) is 0 Å². The van der Waals surface area contributed by atoms with E-state index in [1.165, 1.54) is 0 Å². The molecule has 1 saturated heterocycles. The molecule has 0 atom stereocenters. The number of rotatable bonds is 0. The summed E-state index contributed by atoms with van der Waals surface area (Å²) >= 11 is 0. The molecule has 13 heavy (non-hydrogen) atoms. The zero-order valence-corrected chi connectivity index (χ0v) is 6.73. The van der Waals surface area contributed by atoms with E-state index in [4.69, 9.17) is 0 Å². The van der Waals surface area contributed by atoms with Crippen LogP contribution in [0.15, 0.2) is 0 Å². The average Bonchev–Trinajstić information content (AvgIpc) is 2.01. The van der Waals surface area contributed by atoms with Crippen molar-refractivity contribution in [1.29, 1.82) is 0 Å². The highest BCUT2D eigenvalue weighted by Crippen LogP contribution is 2.20. The SMILES string of the molecule is O=C1CCCN(C(=O)C(F)(F)F)C1. The van der Waals surface area contributed by atoms with E-state index in [-0.39, 0.29) is 18.7 Å². The molecule has 1 fully saturated rings. The van der Waals surface area contributed by atoms with Gasteiger partial charge in [-0.15, -0.1) is 0 Å². The molecule has 1 aliphatic rings. The Bertz CT molecular complexity index is 236. The first-order valence-electron chi connectivity index (χ1n) is 3.79. The Hall–Kier alpha value is -1.07. The molecular formula is C7H8F3NO2. The number of carbonyl (C=O) groups excluding carboxylic acids is 2. The maximum Gasteiger partial charge on any atom is 0.471 e. The molecule has 0 spiro atoms. The van der Waals surface area contributed by atoms with Crippen LogP contribution in [0.1, 0.15) is 12.8 Å². The van der Waals surface area contributed by atoms with Crippen LogP contribution in [0.25, 0.3) is 0 Å². The molecule has 1 aliphatic heterocycles. The van der Waals surface area contributed by atoms with Crippen LogP contribution < -0.4 is 0 Å². The van der Waals surface area contributed by atoms with E-state index >= 15 is 0 Å². The maximum atomic E-state index is 11.9. The Morgan fingerprint density at radius 2 is 2.00 bits per heavy atom. The normalized spacial score (nSPS) is 19.0. The van der Waals surface area contributed by atoms with Crippen molar-refractivity contribution in [1.82, 2.24) is 4.90 Å². The predicted octanol–water partition coefficient (Wildman–Crippen LogP) is 0.740. The highest BCUT2D eigenvalue weighted by molar-refractivity contribution is 5.89. The molecule has 0 aromatic rings. The minimum atomic E-state index is -4.86. The van der Waals surface area contributed by atoms with Gasteiger partial charge in [-0.25, -0.2) is 0 Å². The second-order valence-corrected chi connectivity index (χ2v) is 2.87. The second kappa shape index (κ2) is 3.35. The largest absolute Gasteiger partial charge is 0.471 e. The molecule has 3 nitrogen and oxygen atoms in total. The number of halogens is 3. The molecular weight excluding hydrogens is 187 g/mol. The van der Waals surface area contributed by atoms with E-state index < -0.39 is 18.6 Å². The molecule has 6 heteroatoms. The molecule has 0 N–H and O–H groups in total. The van der Waals surface area contributed by atoms with Gasteiger partial charge in [0.15, 0.2) is 5.78 Å². The van der Waals surface area contributed by atoms with Crippen molar-refractivity contribution < 1.29 is 22.8 Å². The first kappa shape index (κ1) is 10.0. The molecule has 1 amide bonds. The van der Waals surface area contributed by atoms with E-state index in [1.54, 1.807) is 0 Å². The van der Waals surface area contributed by atoms with Crippen LogP contribution in [-0.4, -0.2) is 35.9 Å². The molecule has 1 heterocycles. The van der Waals surface area contributed by atoms with Gasteiger partial charge >= 0.3 is 12.1 Å². The smallest absolute Gasteiger partial charge is 0.328 e. The lowest BCUT2D eigenvalue weighted by Crippen LogP contribution is -2.46. The van der Waals surface area contributed by atoms with Crippen molar-refractivity contribution in [2.24, 2.45) is 0 Å². The van der Waals surface area contributed by atoms with Gasteiger partial charge in [-0.3, -0.25) is 9.59 Å². The molecule has 0 aromatic heterocycles. The third-order valence-electron chi connectivity index (χ3n) is 1.78. The first-order chi connectivity index (χ1) is 5.91. The zero-order chi connectivity index (χ0) is 10.1. The standard InChI is InChI=1S/C7H8F3NO2/c8-7(9,10)6(13)11-3-1-2-5(12)4-11/h1-4H2. The van der Waals surface area contributed by atoms with Crippen molar-refractivity contribution in [2.75, 3.05) is 13.1 Å². The molecule has 0 aliphatic carbocycles. The summed E-state index contributed by atoms with van der Waals surface area (Å²) in [7, 11) is 0. The maximum absolute atomic E-state index is 11.9. The van der Waals surface area contributed by atoms with Gasteiger partial charge in [-0.2, -0.15) is 13.2 Å². The second-order valence-electron chi connectivity index (χ2n) is 2.87. The van der Waals surface area contributed by atoms with Crippen LogP contribution in [0.4, 0.5) is 13.2 Å². The number of likely N-dealkylation sites (tertiary alicyclic amines) is 1. The number of carbonyl (C=O) groups is 2. The third-order valence-corrected chi connectivity index (χ3v) is 1.78. The fourth-order valence-corrected chi connectivity index (χ4v) is 1.19. The van der Waals surface area contributed by atoms with Crippen LogP contribution >= 0.6 is 0 Å². The van der Waals surface area contributed by atoms with Crippen LogP contribution in [0.5, 0.6) is 0 Å². The highest BCUT2D eigenvalue weighted by Gasteiger charge is 2.43. The Balaban J connectivity index is 2.62. The Morgan fingerprint density at radius 3 is 2.46 bits per heavy atom. The number of piperidine rings is 1. The lowest BCUT2D eigenvalue weighted by Gasteiger charge is -2.26. The molecule has 1 rings (SSSR count). The van der Waals surface area contributed by atoms with Gasteiger partial charge in [-0.1, -0.05) is 0 Å². The van der Waals surface area contributed by atoms with Gasteiger partial charge in [-0.05, 0) is 6.42 Å². The summed E-state index contributed by atoms with van der Waals surface area (Å²) in [5.74, 6) is -2.23. The van der Waals surface area contributed by atoms with Crippen molar-refractivity contribution >= 4 is 11.7 Å². The molecule has 0 aromatic carbocycles. The first-order valence-corrected chi connectivity index (χ1v) is 3.79. The number of amides is 1. The van der Waals surface area contributed by atoms with Crippen LogP contribution in [-0.2, 0) is 9.59 Å². The third kappa shape index (κ3) is 2.43. The topological polar surface area (TPSA) is 37.4 Å². The molecule has 0 radical (unpaired) electrons. The summed E-state index contributed by atoms with van der Waals surface area (Å²) in [5.41, 5.74) is 0. The number of ketones is 1. The summed E-state index contributed by atoms with van der Waals surface area (Å²) in [4.78, 5) is 21.9. The van der Waals surface area contributed by atoms with Crippen molar-refractivity contribution in [3.63, 3.8) is 0 Å². The summed E-state index contributed by atoms with van der Waals surface area (Å²) < 4.78 is 35.6. The number of Topliss-reactive ketones (excluding diaryl/α,β-unsaturated/α-hetero) is 1. The number of hydrogen-bond acceptors (Lipinski definition) is 2. The van der Waals surface area contributed by atoms with E-state index in [2.05, 4.69) is 0 Å². The molecule has 0 unspecified atom stereocenters. The number of alkyl halides is 3. The number of hydrogen-bond donors (Lipinski definition) is 0. The molecule has 74 valence electrons. The van der Waals surface area contributed by atoms with E-state index in [0.29, 0.717) is 11.3 Å². The lowest BCUT2D eigenvalue weighted by atomic mass is 10.1. The zero-order valence-electron chi connectivity index (χ0n) is 6.73. The number of nitrogens with zero attached hydrogens (tertiary/aromatic N) is 1. The van der Waals surface area contributed by atoms with Gasteiger partial charge < -0.3 is 4.90 Å². The minimum Gasteiger partial charge on any atom is -0.328 e. The van der Waals surface area contributed by atoms with Gasteiger partial charge in [0.25, 0.3) is 0 Å². The van der Waals surface area contributed by atoms with Crippen molar-refractivity contribution in [2.45, 2.75) is 19.0 Å². The van der Waals surface area contributed by atoms with Crippen molar-refractivity contribution in [3.05, 3.63) is 0 Å². The Labute approximate surface area is 72.5 Å². The predicted molar refractivity (Wildman–Crippen MR) is 36.9 cm³/mol. The van der Waals surface area contributed by atoms with Crippen LogP contribution in [0.3, 0.4) is 0 Å². The fraction of sp³-hybridized carbons (Fsp3) is 0.714. The minimum absolute atomic E-state index is 0.0179. The monoisotopic (exact) mass is 195 g/mol. The van der Waals surface area contributed by atoms with E-state index in [0.717, 1.165) is 0 Å². The van der Waals surface area contributed by atoms with Crippen molar-refractivity contribution in [3.8, 4) is 0 Å². The lowest BCUT2D eigenvalue weighted by molar-refractivity contribution is -0.186. The molecule has 0 saturated carbocycles. The summed E-state index contributed by atoms with van der Waals surface area (Å²) in [5, 5.41) is 0. The van der Waals surface area contributed by atoms with Gasteiger partial charge in [0, 0.05) is 13.0 Å². The fourth-order valence-electron chi connectivity index (χ4n) is 1.19. The Morgan fingerprint density at radius 1 is 1.38 bits per heavy atom. The quantitative estimate of drug-likeness (QED) is 0.571. The van der Waals surface area contributed by atoms with Crippen LogP contribution in [0.2, 0.25) is 0 Å². The van der Waals surface area contributed by atoms with E-state index in [1.807, 2.05) is 0 Å². The summed E-state index contributed by atoms with van der Waals surface area (Å²) in [6, 6.07) is 0. The van der Waals surface area contributed by atoms with Gasteiger partial charge in [0.05, 0.1) is 6.54 Å². The highest BCUT2D eigenvalue weighted by atomic mass is 19.4. The van der Waals surface area contributed by atoms with Gasteiger partial charge in [0.1, 0.15) is 0 Å². The Kier molecular flexibility index (Phi) is 2.58. The summed E-state index contributed by atoms with van der Waals surface area (Å²) in [6.07, 6.45) is -4.28. The molecule has 0 bridgehead atoms. The summed E-state index contributed by atoms with van der Waals surface area (Å²) in [6.45, 7) is -0.386. The van der Waals surface area contributed by atoms with Gasteiger partial charge in [0.2, 0.25) is 0 Å². The average molecular weight is 195 g/mol. The van der Waals surface area contributed by atoms with E-state index in [9.17, 15) is 22.8 Å².